The Hall–Kier alpha value is -3.68. The zero-order chi connectivity index (χ0) is 20.8. The van der Waals surface area contributed by atoms with Crippen LogP contribution in [-0.4, -0.2) is 34.3 Å². The van der Waals surface area contributed by atoms with Gasteiger partial charge in [-0.25, -0.2) is 4.68 Å². The molecule has 0 radical (unpaired) electrons. The van der Waals surface area contributed by atoms with Crippen molar-refractivity contribution in [1.82, 2.24) is 15.1 Å². The summed E-state index contributed by atoms with van der Waals surface area (Å²) in [7, 11) is 1.59. The standard InChI is InChI=1S/C21H22N4O4/c1-3-4-13-22-21(26)20-14-19(15-5-11-18(29-2)12-6-15)23-24(20)16-7-9-17(10-8-16)25(27)28/h5-12,14H,3-4,13H2,1-2H3,(H,22,26). The third-order valence-corrected chi connectivity index (χ3v) is 4.45. The molecule has 29 heavy (non-hydrogen) atoms. The Balaban J connectivity index is 2.00. The lowest BCUT2D eigenvalue weighted by Crippen LogP contribution is -2.26. The van der Waals surface area contributed by atoms with E-state index in [2.05, 4.69) is 17.3 Å². The number of unbranched alkanes of at least 4 members (excludes halogenated alkanes) is 1. The molecule has 0 aliphatic heterocycles. The fourth-order valence-electron chi connectivity index (χ4n) is 2.83. The first-order chi connectivity index (χ1) is 14.0. The van der Waals surface area contributed by atoms with E-state index >= 15 is 0 Å². The number of nitro groups is 1. The minimum atomic E-state index is -0.464. The summed E-state index contributed by atoms with van der Waals surface area (Å²) in [6.45, 7) is 2.62. The van der Waals surface area contributed by atoms with Gasteiger partial charge in [0.2, 0.25) is 0 Å². The molecule has 0 bridgehead atoms. The van der Waals surface area contributed by atoms with Crippen molar-refractivity contribution in [3.05, 3.63) is 70.4 Å². The van der Waals surface area contributed by atoms with Crippen molar-refractivity contribution in [2.24, 2.45) is 0 Å². The molecule has 150 valence electrons. The lowest BCUT2D eigenvalue weighted by molar-refractivity contribution is -0.384. The van der Waals surface area contributed by atoms with E-state index in [-0.39, 0.29) is 11.6 Å². The number of non-ortho nitro benzene ring substituents is 1. The number of hydrogen-bond acceptors (Lipinski definition) is 5. The molecule has 1 amide bonds. The quantitative estimate of drug-likeness (QED) is 0.354. The van der Waals surface area contributed by atoms with Gasteiger partial charge in [0, 0.05) is 24.2 Å². The number of amides is 1. The lowest BCUT2D eigenvalue weighted by Gasteiger charge is -2.08. The van der Waals surface area contributed by atoms with Gasteiger partial charge < -0.3 is 10.1 Å². The summed E-state index contributed by atoms with van der Waals surface area (Å²) in [6.07, 6.45) is 1.85. The highest BCUT2D eigenvalue weighted by molar-refractivity contribution is 5.94. The second-order valence-electron chi connectivity index (χ2n) is 6.44. The molecular formula is C21H22N4O4. The second-order valence-corrected chi connectivity index (χ2v) is 6.44. The largest absolute Gasteiger partial charge is 0.497 e. The van der Waals surface area contributed by atoms with Crippen LogP contribution >= 0.6 is 0 Å². The Morgan fingerprint density at radius 2 is 1.86 bits per heavy atom. The lowest BCUT2D eigenvalue weighted by atomic mass is 10.1. The average Bonchev–Trinajstić information content (AvgIpc) is 3.19. The number of methoxy groups -OCH3 is 1. The Kier molecular flexibility index (Phi) is 6.23. The first kappa shape index (κ1) is 20.1. The van der Waals surface area contributed by atoms with Gasteiger partial charge in [-0.3, -0.25) is 14.9 Å². The van der Waals surface area contributed by atoms with E-state index in [1.165, 1.54) is 16.8 Å². The third kappa shape index (κ3) is 4.60. The van der Waals surface area contributed by atoms with E-state index in [9.17, 15) is 14.9 Å². The summed E-state index contributed by atoms with van der Waals surface area (Å²) < 4.78 is 6.69. The van der Waals surface area contributed by atoms with Crippen LogP contribution in [0.15, 0.2) is 54.6 Å². The number of nitrogens with zero attached hydrogens (tertiary/aromatic N) is 3. The highest BCUT2D eigenvalue weighted by Gasteiger charge is 2.18. The number of benzene rings is 2. The van der Waals surface area contributed by atoms with Crippen LogP contribution in [0.5, 0.6) is 5.75 Å². The number of hydrogen-bond donors (Lipinski definition) is 1. The first-order valence-corrected chi connectivity index (χ1v) is 9.31. The second kappa shape index (κ2) is 9.01. The van der Waals surface area contributed by atoms with Crippen molar-refractivity contribution < 1.29 is 14.5 Å². The van der Waals surface area contributed by atoms with E-state index in [1.807, 2.05) is 24.3 Å². The highest BCUT2D eigenvalue weighted by Crippen LogP contribution is 2.25. The van der Waals surface area contributed by atoms with Gasteiger partial charge >= 0.3 is 0 Å². The molecule has 0 fully saturated rings. The highest BCUT2D eigenvalue weighted by atomic mass is 16.6. The van der Waals surface area contributed by atoms with E-state index in [0.29, 0.717) is 23.6 Å². The molecule has 8 heteroatoms. The molecule has 0 spiro atoms. The zero-order valence-electron chi connectivity index (χ0n) is 16.3. The predicted molar refractivity (Wildman–Crippen MR) is 109 cm³/mol. The molecule has 1 heterocycles. The van der Waals surface area contributed by atoms with Crippen molar-refractivity contribution >= 4 is 11.6 Å². The molecule has 0 aliphatic rings. The van der Waals surface area contributed by atoms with Crippen molar-refractivity contribution in [2.45, 2.75) is 19.8 Å². The Bertz CT molecular complexity index is 995. The number of ether oxygens (including phenoxy) is 1. The van der Waals surface area contributed by atoms with Crippen molar-refractivity contribution in [1.29, 1.82) is 0 Å². The summed E-state index contributed by atoms with van der Waals surface area (Å²) in [5, 5.41) is 18.4. The van der Waals surface area contributed by atoms with E-state index < -0.39 is 4.92 Å². The maximum absolute atomic E-state index is 12.7. The van der Waals surface area contributed by atoms with Gasteiger partial charge in [-0.1, -0.05) is 13.3 Å². The number of aromatic nitrogens is 2. The number of rotatable bonds is 8. The Morgan fingerprint density at radius 3 is 2.45 bits per heavy atom. The van der Waals surface area contributed by atoms with E-state index in [4.69, 9.17) is 4.74 Å². The summed E-state index contributed by atoms with van der Waals surface area (Å²) >= 11 is 0. The Morgan fingerprint density at radius 1 is 1.17 bits per heavy atom. The molecule has 2 aromatic carbocycles. The maximum atomic E-state index is 12.7. The molecule has 0 unspecified atom stereocenters. The minimum Gasteiger partial charge on any atom is -0.497 e. The molecule has 0 saturated heterocycles. The van der Waals surface area contributed by atoms with Crippen LogP contribution in [-0.2, 0) is 0 Å². The summed E-state index contributed by atoms with van der Waals surface area (Å²) in [6, 6.07) is 15.0. The maximum Gasteiger partial charge on any atom is 0.270 e. The van der Waals surface area contributed by atoms with Crippen molar-refractivity contribution in [2.75, 3.05) is 13.7 Å². The van der Waals surface area contributed by atoms with Gasteiger partial charge in [0.15, 0.2) is 0 Å². The van der Waals surface area contributed by atoms with Gasteiger partial charge in [0.05, 0.1) is 23.4 Å². The van der Waals surface area contributed by atoms with Crippen LogP contribution in [0.3, 0.4) is 0 Å². The average molecular weight is 394 g/mol. The molecule has 1 aromatic heterocycles. The van der Waals surface area contributed by atoms with Crippen LogP contribution < -0.4 is 10.1 Å². The molecule has 0 saturated carbocycles. The van der Waals surface area contributed by atoms with Gasteiger partial charge in [-0.2, -0.15) is 5.10 Å². The zero-order valence-corrected chi connectivity index (χ0v) is 16.3. The molecule has 8 nitrogen and oxygen atoms in total. The van der Waals surface area contributed by atoms with Crippen LogP contribution in [0.2, 0.25) is 0 Å². The minimum absolute atomic E-state index is 0.0229. The fourth-order valence-corrected chi connectivity index (χ4v) is 2.83. The SMILES string of the molecule is CCCCNC(=O)c1cc(-c2ccc(OC)cc2)nn1-c1ccc([N+](=O)[O-])cc1. The summed E-state index contributed by atoms with van der Waals surface area (Å²) in [5.41, 5.74) is 2.35. The molecule has 0 aliphatic carbocycles. The number of nitro benzene ring substituents is 1. The van der Waals surface area contributed by atoms with Gasteiger partial charge in [0.25, 0.3) is 11.6 Å². The molecular weight excluding hydrogens is 372 g/mol. The van der Waals surface area contributed by atoms with Gasteiger partial charge in [-0.05, 0) is 48.9 Å². The number of carbonyl (C=O) groups is 1. The summed E-state index contributed by atoms with van der Waals surface area (Å²) in [5.74, 6) is 0.477. The smallest absolute Gasteiger partial charge is 0.270 e. The van der Waals surface area contributed by atoms with Crippen LogP contribution in [0.1, 0.15) is 30.3 Å². The third-order valence-electron chi connectivity index (χ3n) is 4.45. The molecule has 0 atom stereocenters. The normalized spacial score (nSPS) is 10.6. The van der Waals surface area contributed by atoms with Crippen LogP contribution in [0.4, 0.5) is 5.69 Å². The first-order valence-electron chi connectivity index (χ1n) is 9.31. The monoisotopic (exact) mass is 394 g/mol. The summed E-state index contributed by atoms with van der Waals surface area (Å²) in [4.78, 5) is 23.2. The Labute approximate surface area is 168 Å². The molecule has 1 N–H and O–H groups in total. The molecule has 3 aromatic rings. The topological polar surface area (TPSA) is 99.3 Å². The van der Waals surface area contributed by atoms with Gasteiger partial charge in [0.1, 0.15) is 11.4 Å². The van der Waals surface area contributed by atoms with E-state index in [1.54, 1.807) is 25.3 Å². The number of carbonyl (C=O) groups excluding carboxylic acids is 1. The molecule has 3 rings (SSSR count). The van der Waals surface area contributed by atoms with Crippen LogP contribution in [0, 0.1) is 10.1 Å². The predicted octanol–water partition coefficient (Wildman–Crippen LogP) is 3.99. The van der Waals surface area contributed by atoms with Crippen molar-refractivity contribution in [3.63, 3.8) is 0 Å². The fraction of sp³-hybridized carbons (Fsp3) is 0.238. The van der Waals surface area contributed by atoms with Crippen LogP contribution in [0.25, 0.3) is 16.9 Å². The van der Waals surface area contributed by atoms with E-state index in [0.717, 1.165) is 24.2 Å². The van der Waals surface area contributed by atoms with Gasteiger partial charge in [-0.15, -0.1) is 0 Å². The van der Waals surface area contributed by atoms with Crippen molar-refractivity contribution in [3.8, 4) is 22.7 Å². The number of nitrogens with one attached hydrogen (secondary N) is 1.